The number of aromatic nitrogens is 1. The number of hydrogen-bond acceptors (Lipinski definition) is 2. The quantitative estimate of drug-likeness (QED) is 0.741. The summed E-state index contributed by atoms with van der Waals surface area (Å²) in [5, 5.41) is 4.92. The van der Waals surface area contributed by atoms with Gasteiger partial charge in [0.1, 0.15) is 0 Å². The minimum absolute atomic E-state index is 0. The zero-order valence-corrected chi connectivity index (χ0v) is 8.25. The summed E-state index contributed by atoms with van der Waals surface area (Å²) in [4.78, 5) is 0. The van der Waals surface area contributed by atoms with Crippen LogP contribution in [0.5, 0.6) is 0 Å². The van der Waals surface area contributed by atoms with Crippen molar-refractivity contribution in [2.45, 2.75) is 6.92 Å². The van der Waals surface area contributed by atoms with E-state index in [1.807, 2.05) is 31.2 Å². The van der Waals surface area contributed by atoms with E-state index >= 15 is 0 Å². The van der Waals surface area contributed by atoms with E-state index in [2.05, 4.69) is 5.16 Å². The van der Waals surface area contributed by atoms with Crippen molar-refractivity contribution in [1.82, 2.24) is 5.16 Å². The molecule has 0 aliphatic carbocycles. The Labute approximate surface area is 78.8 Å². The van der Waals surface area contributed by atoms with Gasteiger partial charge in [0.2, 0.25) is 0 Å². The van der Waals surface area contributed by atoms with Crippen LogP contribution in [0, 0.1) is 6.92 Å². The van der Waals surface area contributed by atoms with Crippen LogP contribution in [0.3, 0.4) is 0 Å². The molecule has 0 atom stereocenters. The van der Waals surface area contributed by atoms with Gasteiger partial charge in [-0.05, 0) is 19.1 Å². The van der Waals surface area contributed by atoms with Crippen LogP contribution in [-0.2, 0) is 21.1 Å². The molecule has 0 spiro atoms. The van der Waals surface area contributed by atoms with Gasteiger partial charge in [0.15, 0.2) is 5.58 Å². The zero-order valence-electron chi connectivity index (χ0n) is 5.98. The Bertz CT molecular complexity index is 356. The number of nitrogens with zero attached hydrogens (tertiary/aromatic N) is 1. The number of para-hydroxylation sites is 1. The second-order valence-electron chi connectivity index (χ2n) is 2.26. The van der Waals surface area contributed by atoms with Crippen molar-refractivity contribution >= 4 is 11.0 Å². The third kappa shape index (κ3) is 1.36. The SMILES string of the molecule is Cc1noc2ccccc12.[Pt]. The van der Waals surface area contributed by atoms with Crippen LogP contribution in [0.2, 0.25) is 0 Å². The maximum Gasteiger partial charge on any atom is 0.167 e. The summed E-state index contributed by atoms with van der Waals surface area (Å²) in [7, 11) is 0. The van der Waals surface area contributed by atoms with Gasteiger partial charge in [0.05, 0.1) is 5.69 Å². The first-order valence-electron chi connectivity index (χ1n) is 3.19. The van der Waals surface area contributed by atoms with Gasteiger partial charge in [-0.15, -0.1) is 0 Å². The molecule has 1 aromatic heterocycles. The largest absolute Gasteiger partial charge is 0.356 e. The molecule has 1 heterocycles. The molecule has 0 aliphatic heterocycles. The van der Waals surface area contributed by atoms with Crippen LogP contribution in [0.15, 0.2) is 28.8 Å². The van der Waals surface area contributed by atoms with Crippen LogP contribution in [-0.4, -0.2) is 5.16 Å². The van der Waals surface area contributed by atoms with Gasteiger partial charge < -0.3 is 4.52 Å². The van der Waals surface area contributed by atoms with E-state index in [1.165, 1.54) is 0 Å². The first kappa shape index (κ1) is 8.47. The fraction of sp³-hybridized carbons (Fsp3) is 0.125. The Hall–Kier alpha value is -0.622. The van der Waals surface area contributed by atoms with Crippen molar-refractivity contribution in [3.05, 3.63) is 30.0 Å². The van der Waals surface area contributed by atoms with Crippen LogP contribution in [0.25, 0.3) is 11.0 Å². The second-order valence-corrected chi connectivity index (χ2v) is 2.26. The van der Waals surface area contributed by atoms with E-state index < -0.39 is 0 Å². The van der Waals surface area contributed by atoms with Gasteiger partial charge in [0, 0.05) is 26.5 Å². The maximum absolute atomic E-state index is 5.00. The minimum Gasteiger partial charge on any atom is -0.356 e. The van der Waals surface area contributed by atoms with Crippen LogP contribution < -0.4 is 0 Å². The first-order chi connectivity index (χ1) is 4.88. The number of hydrogen-bond donors (Lipinski definition) is 0. The van der Waals surface area contributed by atoms with Crippen molar-refractivity contribution in [2.75, 3.05) is 0 Å². The summed E-state index contributed by atoms with van der Waals surface area (Å²) in [6.07, 6.45) is 0. The maximum atomic E-state index is 5.00. The average Bonchev–Trinajstić information content (AvgIpc) is 2.34. The second kappa shape index (κ2) is 3.18. The summed E-state index contributed by atoms with van der Waals surface area (Å²) < 4.78 is 5.00. The normalized spacial score (nSPS) is 9.55. The topological polar surface area (TPSA) is 26.0 Å². The Morgan fingerprint density at radius 2 is 2.00 bits per heavy atom. The van der Waals surface area contributed by atoms with E-state index in [0.717, 1.165) is 16.7 Å². The summed E-state index contributed by atoms with van der Waals surface area (Å²) in [6.45, 7) is 1.94. The summed E-state index contributed by atoms with van der Waals surface area (Å²) >= 11 is 0. The van der Waals surface area contributed by atoms with E-state index in [0.29, 0.717) is 0 Å². The third-order valence-corrected chi connectivity index (χ3v) is 1.56. The molecule has 2 aromatic rings. The smallest absolute Gasteiger partial charge is 0.167 e. The number of rotatable bonds is 0. The van der Waals surface area contributed by atoms with Gasteiger partial charge in [0.25, 0.3) is 0 Å². The van der Waals surface area contributed by atoms with Crippen molar-refractivity contribution in [3.63, 3.8) is 0 Å². The molecule has 0 fully saturated rings. The zero-order chi connectivity index (χ0) is 6.97. The van der Waals surface area contributed by atoms with Crippen LogP contribution >= 0.6 is 0 Å². The summed E-state index contributed by atoms with van der Waals surface area (Å²) in [5.41, 5.74) is 1.82. The van der Waals surface area contributed by atoms with Gasteiger partial charge in [-0.25, -0.2) is 0 Å². The first-order valence-corrected chi connectivity index (χ1v) is 3.19. The van der Waals surface area contributed by atoms with Crippen LogP contribution in [0.1, 0.15) is 5.69 Å². The molecule has 1 aromatic carbocycles. The molecule has 11 heavy (non-hydrogen) atoms. The molecule has 60 valence electrons. The molecule has 3 heteroatoms. The van der Waals surface area contributed by atoms with Crippen molar-refractivity contribution in [1.29, 1.82) is 0 Å². The Balaban J connectivity index is 0.000000605. The fourth-order valence-electron chi connectivity index (χ4n) is 1.01. The Kier molecular flexibility index (Phi) is 2.45. The van der Waals surface area contributed by atoms with Crippen molar-refractivity contribution in [2.24, 2.45) is 0 Å². The Morgan fingerprint density at radius 3 is 2.73 bits per heavy atom. The van der Waals surface area contributed by atoms with Gasteiger partial charge in [-0.2, -0.15) is 0 Å². The summed E-state index contributed by atoms with van der Waals surface area (Å²) in [6, 6.07) is 7.83. The van der Waals surface area contributed by atoms with Gasteiger partial charge in [-0.3, -0.25) is 0 Å². The molecule has 0 saturated carbocycles. The standard InChI is InChI=1S/C8H7NO.Pt/c1-6-7-4-2-3-5-8(7)10-9-6;/h2-5H,1H3;. The molecular formula is C8H7NOPt. The number of aryl methyl sites for hydroxylation is 1. The molecule has 2 nitrogen and oxygen atoms in total. The minimum atomic E-state index is 0. The van der Waals surface area contributed by atoms with Crippen molar-refractivity contribution < 1.29 is 25.6 Å². The predicted octanol–water partition coefficient (Wildman–Crippen LogP) is 2.13. The molecule has 0 aliphatic rings. The van der Waals surface area contributed by atoms with E-state index in [9.17, 15) is 0 Å². The molecule has 0 bridgehead atoms. The molecule has 0 saturated heterocycles. The monoisotopic (exact) mass is 328 g/mol. The van der Waals surface area contributed by atoms with Crippen LogP contribution in [0.4, 0.5) is 0 Å². The van der Waals surface area contributed by atoms with Gasteiger partial charge >= 0.3 is 0 Å². The fourth-order valence-corrected chi connectivity index (χ4v) is 1.01. The summed E-state index contributed by atoms with van der Waals surface area (Å²) in [5.74, 6) is 0. The van der Waals surface area contributed by atoms with E-state index in [1.54, 1.807) is 0 Å². The van der Waals surface area contributed by atoms with Gasteiger partial charge in [-0.1, -0.05) is 17.3 Å². The molecule has 0 radical (unpaired) electrons. The molecule has 0 unspecified atom stereocenters. The van der Waals surface area contributed by atoms with E-state index in [4.69, 9.17) is 4.52 Å². The van der Waals surface area contributed by atoms with Crippen molar-refractivity contribution in [3.8, 4) is 0 Å². The average molecular weight is 328 g/mol. The van der Waals surface area contributed by atoms with E-state index in [-0.39, 0.29) is 21.1 Å². The Morgan fingerprint density at radius 1 is 1.27 bits per heavy atom. The number of benzene rings is 1. The molecule has 0 amide bonds. The molecule has 2 rings (SSSR count). The number of fused-ring (bicyclic) bond motifs is 1. The predicted molar refractivity (Wildman–Crippen MR) is 38.7 cm³/mol. The molecule has 0 N–H and O–H groups in total. The molecular weight excluding hydrogens is 321 g/mol. The third-order valence-electron chi connectivity index (χ3n) is 1.56.